The van der Waals surface area contributed by atoms with E-state index in [1.54, 1.807) is 4.90 Å². The smallest absolute Gasteiger partial charge is 0.311 e. The molecular formula is C16H18N2O3. The average Bonchev–Trinajstić information content (AvgIpc) is 2.50. The molecule has 0 aliphatic carbocycles. The average molecular weight is 286 g/mol. The number of nitrogens with one attached hydrogen (secondary N) is 1. The summed E-state index contributed by atoms with van der Waals surface area (Å²) in [6.45, 7) is 1.86. The number of carbonyl (C=O) groups excluding carboxylic acids is 1. The Morgan fingerprint density at radius 1 is 1.33 bits per heavy atom. The lowest BCUT2D eigenvalue weighted by Gasteiger charge is -2.37. The molecule has 0 radical (unpaired) electrons. The maximum absolute atomic E-state index is 12.4. The van der Waals surface area contributed by atoms with E-state index in [1.165, 1.54) is 0 Å². The van der Waals surface area contributed by atoms with Gasteiger partial charge < -0.3 is 15.3 Å². The van der Waals surface area contributed by atoms with Crippen molar-refractivity contribution in [2.24, 2.45) is 5.92 Å². The fourth-order valence-electron chi connectivity index (χ4n) is 3.07. The zero-order chi connectivity index (χ0) is 14.8. The summed E-state index contributed by atoms with van der Waals surface area (Å²) in [4.78, 5) is 25.5. The summed E-state index contributed by atoms with van der Waals surface area (Å²) in [5.74, 6) is -1.67. The molecule has 2 N–H and O–H groups in total. The van der Waals surface area contributed by atoms with Crippen LogP contribution in [0, 0.1) is 5.92 Å². The molecule has 5 heteroatoms. The number of hydrogen-bond acceptors (Lipinski definition) is 3. The van der Waals surface area contributed by atoms with E-state index in [9.17, 15) is 14.7 Å². The minimum absolute atomic E-state index is 0.0582. The highest BCUT2D eigenvalue weighted by Gasteiger charge is 2.37. The fourth-order valence-corrected chi connectivity index (χ4v) is 3.07. The van der Waals surface area contributed by atoms with E-state index in [0.29, 0.717) is 19.5 Å². The van der Waals surface area contributed by atoms with Gasteiger partial charge in [0.2, 0.25) is 5.91 Å². The fraction of sp³-hybridized carbons (Fsp3) is 0.375. The number of aliphatic carboxylic acids is 1. The van der Waals surface area contributed by atoms with E-state index in [1.807, 2.05) is 30.3 Å². The van der Waals surface area contributed by atoms with Gasteiger partial charge in [-0.15, -0.1) is 0 Å². The molecule has 0 saturated heterocycles. The van der Waals surface area contributed by atoms with Crippen LogP contribution in [0.25, 0.3) is 0 Å². The minimum atomic E-state index is -0.904. The van der Waals surface area contributed by atoms with Crippen molar-refractivity contribution in [3.05, 3.63) is 47.2 Å². The van der Waals surface area contributed by atoms with Gasteiger partial charge in [0, 0.05) is 31.6 Å². The van der Waals surface area contributed by atoms with Crippen molar-refractivity contribution in [1.82, 2.24) is 10.2 Å². The Balaban J connectivity index is 1.94. The van der Waals surface area contributed by atoms with Gasteiger partial charge in [0.05, 0.1) is 12.5 Å². The molecule has 0 bridgehead atoms. The number of hydrogen-bond donors (Lipinski definition) is 2. The van der Waals surface area contributed by atoms with E-state index in [-0.39, 0.29) is 12.3 Å². The first kappa shape index (κ1) is 13.8. The highest BCUT2D eigenvalue weighted by Crippen LogP contribution is 2.33. The van der Waals surface area contributed by atoms with Gasteiger partial charge in [0.1, 0.15) is 0 Å². The van der Waals surface area contributed by atoms with Crippen molar-refractivity contribution < 1.29 is 14.7 Å². The summed E-state index contributed by atoms with van der Waals surface area (Å²) in [7, 11) is 0. The maximum Gasteiger partial charge on any atom is 0.311 e. The van der Waals surface area contributed by atoms with E-state index >= 15 is 0 Å². The van der Waals surface area contributed by atoms with Crippen molar-refractivity contribution in [1.29, 1.82) is 0 Å². The molecule has 2 aliphatic heterocycles. The predicted octanol–water partition coefficient (Wildman–Crippen LogP) is 1.37. The summed E-state index contributed by atoms with van der Waals surface area (Å²) in [6, 6.07) is 9.80. The van der Waals surface area contributed by atoms with E-state index in [4.69, 9.17) is 0 Å². The Labute approximate surface area is 123 Å². The van der Waals surface area contributed by atoms with Gasteiger partial charge in [-0.1, -0.05) is 30.3 Å². The van der Waals surface area contributed by atoms with Crippen LogP contribution in [0.15, 0.2) is 41.6 Å². The van der Waals surface area contributed by atoms with Crippen LogP contribution in [-0.2, 0) is 16.1 Å². The monoisotopic (exact) mass is 286 g/mol. The molecule has 0 saturated carbocycles. The Morgan fingerprint density at radius 3 is 2.81 bits per heavy atom. The van der Waals surface area contributed by atoms with Gasteiger partial charge in [0.15, 0.2) is 0 Å². The van der Waals surface area contributed by atoms with Gasteiger partial charge in [-0.05, 0) is 11.1 Å². The van der Waals surface area contributed by atoms with Crippen molar-refractivity contribution in [3.63, 3.8) is 0 Å². The van der Waals surface area contributed by atoms with Crippen LogP contribution >= 0.6 is 0 Å². The maximum atomic E-state index is 12.4. The van der Waals surface area contributed by atoms with Crippen LogP contribution in [0.1, 0.15) is 18.4 Å². The third-order valence-electron chi connectivity index (χ3n) is 4.13. The Kier molecular flexibility index (Phi) is 3.75. The Bertz CT molecular complexity index is 595. The standard InChI is InChI=1S/C16H18N2O3/c19-15-8-12(16(20)21)13-9-17-7-6-14(13)18(15)10-11-4-2-1-3-5-11/h1-5,12,17H,6-10H2,(H,20,21). The molecule has 1 atom stereocenters. The molecule has 2 heterocycles. The second-order valence-electron chi connectivity index (χ2n) is 5.46. The SMILES string of the molecule is O=C(O)C1CC(=O)N(Cc2ccccc2)C2=C1CNCC2. The number of carbonyl (C=O) groups is 2. The quantitative estimate of drug-likeness (QED) is 0.880. The number of nitrogens with zero attached hydrogens (tertiary/aromatic N) is 1. The number of benzene rings is 1. The van der Waals surface area contributed by atoms with E-state index in [0.717, 1.165) is 23.4 Å². The zero-order valence-corrected chi connectivity index (χ0v) is 11.7. The molecule has 0 aromatic heterocycles. The Hall–Kier alpha value is -2.14. The van der Waals surface area contributed by atoms with E-state index in [2.05, 4.69) is 5.32 Å². The van der Waals surface area contributed by atoms with Gasteiger partial charge in [-0.3, -0.25) is 9.59 Å². The number of amides is 1. The first-order valence-corrected chi connectivity index (χ1v) is 7.16. The van der Waals surface area contributed by atoms with Crippen LogP contribution in [0.2, 0.25) is 0 Å². The van der Waals surface area contributed by atoms with Crippen molar-refractivity contribution in [2.45, 2.75) is 19.4 Å². The van der Waals surface area contributed by atoms with Gasteiger partial charge in [-0.25, -0.2) is 0 Å². The first-order chi connectivity index (χ1) is 10.2. The summed E-state index contributed by atoms with van der Waals surface area (Å²) < 4.78 is 0. The first-order valence-electron chi connectivity index (χ1n) is 7.16. The lowest BCUT2D eigenvalue weighted by Crippen LogP contribution is -2.45. The number of carboxylic acid groups (broad SMARTS) is 1. The molecule has 3 rings (SSSR count). The second-order valence-corrected chi connectivity index (χ2v) is 5.46. The van der Waals surface area contributed by atoms with Crippen LogP contribution in [0.5, 0.6) is 0 Å². The second kappa shape index (κ2) is 5.69. The molecule has 0 spiro atoms. The minimum Gasteiger partial charge on any atom is -0.481 e. The van der Waals surface area contributed by atoms with Crippen molar-refractivity contribution in [2.75, 3.05) is 13.1 Å². The summed E-state index contributed by atoms with van der Waals surface area (Å²) in [6.07, 6.45) is 0.764. The van der Waals surface area contributed by atoms with Crippen molar-refractivity contribution in [3.8, 4) is 0 Å². The molecule has 2 aliphatic rings. The molecule has 5 nitrogen and oxygen atoms in total. The molecule has 1 amide bonds. The topological polar surface area (TPSA) is 69.6 Å². The molecule has 1 unspecified atom stereocenters. The summed E-state index contributed by atoms with van der Waals surface area (Å²) in [5, 5.41) is 12.5. The van der Waals surface area contributed by atoms with Gasteiger partial charge in [0.25, 0.3) is 0 Å². The Morgan fingerprint density at radius 2 is 2.10 bits per heavy atom. The van der Waals surface area contributed by atoms with Crippen LogP contribution in [0.3, 0.4) is 0 Å². The normalized spacial score (nSPS) is 22.2. The predicted molar refractivity (Wildman–Crippen MR) is 77.2 cm³/mol. The molecule has 0 fully saturated rings. The lowest BCUT2D eigenvalue weighted by molar-refractivity contribution is -0.145. The summed E-state index contributed by atoms with van der Waals surface area (Å²) >= 11 is 0. The van der Waals surface area contributed by atoms with Gasteiger partial charge >= 0.3 is 5.97 Å². The molecule has 1 aromatic rings. The zero-order valence-electron chi connectivity index (χ0n) is 11.7. The summed E-state index contributed by atoms with van der Waals surface area (Å²) in [5.41, 5.74) is 2.83. The molecule has 110 valence electrons. The molecule has 1 aromatic carbocycles. The van der Waals surface area contributed by atoms with Crippen molar-refractivity contribution >= 4 is 11.9 Å². The number of carboxylic acids is 1. The highest BCUT2D eigenvalue weighted by atomic mass is 16.4. The van der Waals surface area contributed by atoms with Crippen LogP contribution in [0.4, 0.5) is 0 Å². The largest absolute Gasteiger partial charge is 0.481 e. The molecular weight excluding hydrogens is 268 g/mol. The third-order valence-corrected chi connectivity index (χ3v) is 4.13. The molecule has 21 heavy (non-hydrogen) atoms. The van der Waals surface area contributed by atoms with Crippen LogP contribution < -0.4 is 5.32 Å². The van der Waals surface area contributed by atoms with Crippen LogP contribution in [-0.4, -0.2) is 35.0 Å². The third kappa shape index (κ3) is 2.69. The highest BCUT2D eigenvalue weighted by molar-refractivity contribution is 5.88. The lowest BCUT2D eigenvalue weighted by atomic mass is 9.86. The number of rotatable bonds is 3. The van der Waals surface area contributed by atoms with Gasteiger partial charge in [-0.2, -0.15) is 0 Å². The van der Waals surface area contributed by atoms with E-state index < -0.39 is 11.9 Å².